The Morgan fingerprint density at radius 3 is 2.85 bits per heavy atom. The van der Waals surface area contributed by atoms with Crippen molar-refractivity contribution >= 4 is 11.0 Å². The largest absolute Gasteiger partial charge is 0.484 e. The lowest BCUT2D eigenvalue weighted by molar-refractivity contribution is 0.243. The Labute approximate surface area is 151 Å². The van der Waals surface area contributed by atoms with Gasteiger partial charge in [0.15, 0.2) is 6.61 Å². The van der Waals surface area contributed by atoms with Crippen molar-refractivity contribution in [1.82, 2.24) is 19.7 Å². The summed E-state index contributed by atoms with van der Waals surface area (Å²) in [5.74, 6) is 1.78. The molecule has 0 unspecified atom stereocenters. The van der Waals surface area contributed by atoms with E-state index in [4.69, 9.17) is 9.26 Å². The van der Waals surface area contributed by atoms with Gasteiger partial charge in [-0.25, -0.2) is 4.98 Å². The molecule has 0 bridgehead atoms. The Morgan fingerprint density at radius 2 is 2.04 bits per heavy atom. The molecule has 4 rings (SSSR count). The van der Waals surface area contributed by atoms with Crippen LogP contribution in [-0.2, 0) is 6.61 Å². The van der Waals surface area contributed by atoms with Crippen molar-refractivity contribution in [2.75, 3.05) is 0 Å². The van der Waals surface area contributed by atoms with Crippen molar-refractivity contribution in [1.29, 1.82) is 0 Å². The fourth-order valence-corrected chi connectivity index (χ4v) is 2.86. The number of benzene rings is 2. The monoisotopic (exact) mass is 348 g/mol. The van der Waals surface area contributed by atoms with Crippen molar-refractivity contribution in [2.24, 2.45) is 0 Å². The Balaban J connectivity index is 1.55. The summed E-state index contributed by atoms with van der Waals surface area (Å²) in [4.78, 5) is 8.88. The van der Waals surface area contributed by atoms with Gasteiger partial charge in [0.1, 0.15) is 5.75 Å². The number of aromatic nitrogens is 4. The number of ether oxygens (including phenoxy) is 1. The standard InChI is InChI=1S/C20H20N4O2/c1-13(2)24-12-21-17-8-7-15(10-18(17)24)20-22-19(26-23-20)11-25-16-6-4-5-14(3)9-16/h4-10,12-13H,11H2,1-3H3. The van der Waals surface area contributed by atoms with Crippen LogP contribution in [0.15, 0.2) is 53.3 Å². The number of imidazole rings is 1. The molecule has 0 saturated carbocycles. The highest BCUT2D eigenvalue weighted by Crippen LogP contribution is 2.24. The lowest BCUT2D eigenvalue weighted by Gasteiger charge is -2.07. The average molecular weight is 348 g/mol. The van der Waals surface area contributed by atoms with Crippen molar-refractivity contribution in [3.05, 3.63) is 60.2 Å². The maximum absolute atomic E-state index is 5.72. The summed E-state index contributed by atoms with van der Waals surface area (Å²) < 4.78 is 13.2. The molecule has 132 valence electrons. The van der Waals surface area contributed by atoms with Crippen LogP contribution >= 0.6 is 0 Å². The van der Waals surface area contributed by atoms with Gasteiger partial charge in [-0.15, -0.1) is 0 Å². The molecule has 0 atom stereocenters. The second kappa shape index (κ2) is 6.63. The van der Waals surface area contributed by atoms with Gasteiger partial charge in [-0.3, -0.25) is 0 Å². The van der Waals surface area contributed by atoms with Crippen LogP contribution in [-0.4, -0.2) is 19.7 Å². The van der Waals surface area contributed by atoms with Crippen LogP contribution < -0.4 is 4.74 Å². The van der Waals surface area contributed by atoms with Gasteiger partial charge in [0.2, 0.25) is 5.82 Å². The van der Waals surface area contributed by atoms with Gasteiger partial charge in [0, 0.05) is 11.6 Å². The predicted molar refractivity (Wildman–Crippen MR) is 98.9 cm³/mol. The molecule has 2 aromatic carbocycles. The number of rotatable bonds is 5. The van der Waals surface area contributed by atoms with Gasteiger partial charge >= 0.3 is 0 Å². The average Bonchev–Trinajstić information content (AvgIpc) is 3.26. The van der Waals surface area contributed by atoms with Crippen molar-refractivity contribution < 1.29 is 9.26 Å². The number of nitrogens with zero attached hydrogens (tertiary/aromatic N) is 4. The van der Waals surface area contributed by atoms with Crippen LogP contribution in [0, 0.1) is 6.92 Å². The number of fused-ring (bicyclic) bond motifs is 1. The van der Waals surface area contributed by atoms with E-state index in [1.54, 1.807) is 0 Å². The third kappa shape index (κ3) is 3.18. The first-order valence-electron chi connectivity index (χ1n) is 8.59. The van der Waals surface area contributed by atoms with Crippen molar-refractivity contribution in [3.8, 4) is 17.1 Å². The predicted octanol–water partition coefficient (Wildman–Crippen LogP) is 4.55. The Morgan fingerprint density at radius 1 is 1.15 bits per heavy atom. The number of hydrogen-bond acceptors (Lipinski definition) is 5. The van der Waals surface area contributed by atoms with E-state index in [1.165, 1.54) is 0 Å². The lowest BCUT2D eigenvalue weighted by Crippen LogP contribution is -1.98. The second-order valence-corrected chi connectivity index (χ2v) is 6.57. The summed E-state index contributed by atoms with van der Waals surface area (Å²) >= 11 is 0. The molecule has 0 aliphatic heterocycles. The van der Waals surface area contributed by atoms with E-state index in [0.717, 1.165) is 27.9 Å². The summed E-state index contributed by atoms with van der Waals surface area (Å²) in [6.45, 7) is 6.52. The summed E-state index contributed by atoms with van der Waals surface area (Å²) in [5, 5.41) is 4.09. The SMILES string of the molecule is Cc1cccc(OCc2nc(-c3ccc4ncn(C(C)C)c4c3)no2)c1. The molecule has 0 fully saturated rings. The Bertz CT molecular complexity index is 1050. The van der Waals surface area contributed by atoms with E-state index >= 15 is 0 Å². The summed E-state index contributed by atoms with van der Waals surface area (Å²) in [6.07, 6.45) is 1.86. The quantitative estimate of drug-likeness (QED) is 0.529. The summed E-state index contributed by atoms with van der Waals surface area (Å²) in [6, 6.07) is 14.2. The van der Waals surface area contributed by atoms with Gasteiger partial charge in [-0.05, 0) is 56.7 Å². The zero-order valence-electron chi connectivity index (χ0n) is 15.0. The van der Waals surface area contributed by atoms with E-state index in [-0.39, 0.29) is 6.61 Å². The van der Waals surface area contributed by atoms with Gasteiger partial charge in [0.25, 0.3) is 5.89 Å². The molecule has 4 aromatic rings. The van der Waals surface area contributed by atoms with E-state index in [9.17, 15) is 0 Å². The second-order valence-electron chi connectivity index (χ2n) is 6.57. The maximum Gasteiger partial charge on any atom is 0.264 e. The van der Waals surface area contributed by atoms with Gasteiger partial charge in [-0.1, -0.05) is 17.3 Å². The van der Waals surface area contributed by atoms with Gasteiger partial charge in [0.05, 0.1) is 17.4 Å². The van der Waals surface area contributed by atoms with E-state index in [0.29, 0.717) is 17.8 Å². The molecule has 26 heavy (non-hydrogen) atoms. The van der Waals surface area contributed by atoms with Crippen LogP contribution in [0.1, 0.15) is 31.3 Å². The molecule has 0 aliphatic carbocycles. The summed E-state index contributed by atoms with van der Waals surface area (Å²) in [5.41, 5.74) is 4.04. The molecule has 6 nitrogen and oxygen atoms in total. The van der Waals surface area contributed by atoms with Gasteiger partial charge < -0.3 is 13.8 Å². The van der Waals surface area contributed by atoms with Crippen molar-refractivity contribution in [2.45, 2.75) is 33.4 Å². The van der Waals surface area contributed by atoms with Crippen LogP contribution in [0.3, 0.4) is 0 Å². The molecule has 0 radical (unpaired) electrons. The molecular formula is C20H20N4O2. The lowest BCUT2D eigenvalue weighted by atomic mass is 10.2. The number of hydrogen-bond donors (Lipinski definition) is 0. The molecular weight excluding hydrogens is 328 g/mol. The molecule has 0 saturated heterocycles. The third-order valence-corrected chi connectivity index (χ3v) is 4.21. The topological polar surface area (TPSA) is 66.0 Å². The van der Waals surface area contributed by atoms with E-state index in [1.807, 2.05) is 55.7 Å². The molecule has 2 heterocycles. The zero-order chi connectivity index (χ0) is 18.1. The van der Waals surface area contributed by atoms with E-state index in [2.05, 4.69) is 33.5 Å². The zero-order valence-corrected chi connectivity index (χ0v) is 15.0. The van der Waals surface area contributed by atoms with Crippen LogP contribution in [0.5, 0.6) is 5.75 Å². The minimum absolute atomic E-state index is 0.239. The molecule has 0 N–H and O–H groups in total. The smallest absolute Gasteiger partial charge is 0.264 e. The highest BCUT2D eigenvalue weighted by molar-refractivity contribution is 5.80. The van der Waals surface area contributed by atoms with Crippen LogP contribution in [0.2, 0.25) is 0 Å². The Hall–Kier alpha value is -3.15. The highest BCUT2D eigenvalue weighted by atomic mass is 16.5. The molecule has 2 aromatic heterocycles. The summed E-state index contributed by atoms with van der Waals surface area (Å²) in [7, 11) is 0. The first kappa shape index (κ1) is 16.3. The molecule has 0 spiro atoms. The van der Waals surface area contributed by atoms with Gasteiger partial charge in [-0.2, -0.15) is 4.98 Å². The Kier molecular flexibility index (Phi) is 4.16. The van der Waals surface area contributed by atoms with Crippen LogP contribution in [0.4, 0.5) is 0 Å². The minimum atomic E-state index is 0.239. The first-order valence-corrected chi connectivity index (χ1v) is 8.59. The molecule has 6 heteroatoms. The fourth-order valence-electron chi connectivity index (χ4n) is 2.86. The number of aryl methyl sites for hydroxylation is 1. The van der Waals surface area contributed by atoms with Crippen LogP contribution in [0.25, 0.3) is 22.4 Å². The third-order valence-electron chi connectivity index (χ3n) is 4.21. The first-order chi connectivity index (χ1) is 12.6. The molecule has 0 aliphatic rings. The maximum atomic E-state index is 5.72. The van der Waals surface area contributed by atoms with Crippen molar-refractivity contribution in [3.63, 3.8) is 0 Å². The molecule has 0 amide bonds. The normalized spacial score (nSPS) is 11.4. The minimum Gasteiger partial charge on any atom is -0.484 e. The fraction of sp³-hybridized carbons (Fsp3) is 0.250. The van der Waals surface area contributed by atoms with E-state index < -0.39 is 0 Å². The highest BCUT2D eigenvalue weighted by Gasteiger charge is 2.12.